The fraction of sp³-hybridized carbons (Fsp3) is 0.250. The van der Waals surface area contributed by atoms with E-state index in [0.29, 0.717) is 22.6 Å². The number of para-hydroxylation sites is 1. The van der Waals surface area contributed by atoms with Gasteiger partial charge in [-0.2, -0.15) is 18.3 Å². The summed E-state index contributed by atoms with van der Waals surface area (Å²) in [6.45, 7) is 1.52. The topological polar surface area (TPSA) is 89.6 Å². The summed E-state index contributed by atoms with van der Waals surface area (Å²) < 4.78 is 54.2. The Morgan fingerprint density at radius 3 is 2.59 bits per heavy atom. The zero-order chi connectivity index (χ0) is 27.7. The van der Waals surface area contributed by atoms with Crippen LogP contribution in [0.2, 0.25) is 0 Å². The number of hydrogen-bond acceptors (Lipinski definition) is 5. The monoisotopic (exact) mass is 538 g/mol. The SMILES string of the molecule is Cc1oc(C(=O)N[C@@H](Cc2ccccc2C(F)(F)F)CN2COc3ccccc3C2=O)cc1-c1ccnn1C. The number of aromatic nitrogens is 2. The number of carbonyl (C=O) groups is 2. The molecule has 0 unspecified atom stereocenters. The van der Waals surface area contributed by atoms with E-state index in [1.54, 1.807) is 61.2 Å². The largest absolute Gasteiger partial charge is 0.472 e. The Bertz CT molecular complexity index is 1520. The van der Waals surface area contributed by atoms with Crippen LogP contribution >= 0.6 is 0 Å². The first kappa shape index (κ1) is 26.1. The van der Waals surface area contributed by atoms with Crippen molar-refractivity contribution in [1.29, 1.82) is 0 Å². The van der Waals surface area contributed by atoms with Crippen LogP contribution in [0.3, 0.4) is 0 Å². The molecule has 1 aliphatic rings. The number of hydrogen-bond donors (Lipinski definition) is 1. The van der Waals surface area contributed by atoms with E-state index in [4.69, 9.17) is 9.15 Å². The van der Waals surface area contributed by atoms with Crippen LogP contribution in [-0.2, 0) is 19.6 Å². The lowest BCUT2D eigenvalue weighted by Crippen LogP contribution is -2.49. The fourth-order valence-corrected chi connectivity index (χ4v) is 4.69. The molecule has 0 fully saturated rings. The molecule has 2 aromatic heterocycles. The van der Waals surface area contributed by atoms with Crippen molar-refractivity contribution in [1.82, 2.24) is 20.0 Å². The number of rotatable bonds is 7. The van der Waals surface area contributed by atoms with E-state index in [0.717, 1.165) is 11.8 Å². The standard InChI is InChI=1S/C28H25F3N4O4/c1-17-21(23-11-12-32-34(23)2)14-25(39-17)26(36)33-19(13-18-7-3-5-9-22(18)28(29,30)31)15-35-16-38-24-10-6-4-8-20(24)27(35)37/h3-12,14,19H,13,15-16H2,1-2H3,(H,33,36)/t19-/m0/s1. The summed E-state index contributed by atoms with van der Waals surface area (Å²) in [4.78, 5) is 27.8. The molecule has 8 nitrogen and oxygen atoms in total. The average molecular weight is 539 g/mol. The lowest BCUT2D eigenvalue weighted by molar-refractivity contribution is -0.138. The van der Waals surface area contributed by atoms with Crippen LogP contribution in [-0.4, -0.2) is 45.8 Å². The number of halogens is 3. The molecule has 0 radical (unpaired) electrons. The quantitative estimate of drug-likeness (QED) is 0.364. The molecule has 5 rings (SSSR count). The van der Waals surface area contributed by atoms with Crippen molar-refractivity contribution in [2.75, 3.05) is 13.3 Å². The summed E-state index contributed by atoms with van der Waals surface area (Å²) in [7, 11) is 1.76. The van der Waals surface area contributed by atoms with Crippen LogP contribution in [0.1, 0.15) is 37.8 Å². The normalized spacial score (nSPS) is 14.1. The zero-order valence-electron chi connectivity index (χ0n) is 21.2. The zero-order valence-corrected chi connectivity index (χ0v) is 21.2. The van der Waals surface area contributed by atoms with Gasteiger partial charge in [0.05, 0.1) is 22.9 Å². The second-order valence-electron chi connectivity index (χ2n) is 9.25. The molecule has 2 aromatic carbocycles. The van der Waals surface area contributed by atoms with Gasteiger partial charge in [-0.3, -0.25) is 14.3 Å². The minimum absolute atomic E-state index is 0.00715. The molecule has 0 spiro atoms. The van der Waals surface area contributed by atoms with Gasteiger partial charge in [-0.05, 0) is 49.2 Å². The Labute approximate surface area is 222 Å². The number of ether oxygens (including phenoxy) is 1. The van der Waals surface area contributed by atoms with Crippen molar-refractivity contribution in [3.8, 4) is 17.0 Å². The highest BCUT2D eigenvalue weighted by atomic mass is 19.4. The van der Waals surface area contributed by atoms with Crippen molar-refractivity contribution in [3.63, 3.8) is 0 Å². The predicted molar refractivity (Wildman–Crippen MR) is 135 cm³/mol. The first-order valence-corrected chi connectivity index (χ1v) is 12.2. The number of amides is 2. The predicted octanol–water partition coefficient (Wildman–Crippen LogP) is 4.84. The average Bonchev–Trinajstić information content (AvgIpc) is 3.50. The minimum atomic E-state index is -4.58. The van der Waals surface area contributed by atoms with Gasteiger partial charge in [-0.15, -0.1) is 0 Å². The Hall–Kier alpha value is -4.54. The van der Waals surface area contributed by atoms with Gasteiger partial charge < -0.3 is 19.4 Å². The number of carbonyl (C=O) groups excluding carboxylic acids is 2. The van der Waals surface area contributed by atoms with Crippen LogP contribution in [0.15, 0.2) is 71.3 Å². The summed E-state index contributed by atoms with van der Waals surface area (Å²) in [5.41, 5.74) is 0.929. The second kappa shape index (κ2) is 10.3. The molecule has 1 aliphatic heterocycles. The van der Waals surface area contributed by atoms with Crippen LogP contribution in [0, 0.1) is 6.92 Å². The molecule has 39 heavy (non-hydrogen) atoms. The first-order chi connectivity index (χ1) is 18.6. The van der Waals surface area contributed by atoms with Crippen molar-refractivity contribution >= 4 is 11.8 Å². The lowest BCUT2D eigenvalue weighted by atomic mass is 9.99. The number of fused-ring (bicyclic) bond motifs is 1. The van der Waals surface area contributed by atoms with Gasteiger partial charge >= 0.3 is 6.18 Å². The van der Waals surface area contributed by atoms with Gasteiger partial charge in [0.15, 0.2) is 12.5 Å². The summed E-state index contributed by atoms with van der Waals surface area (Å²) in [6.07, 6.45) is -3.14. The van der Waals surface area contributed by atoms with Crippen LogP contribution < -0.4 is 10.1 Å². The second-order valence-corrected chi connectivity index (χ2v) is 9.25. The highest BCUT2D eigenvalue weighted by Gasteiger charge is 2.35. The van der Waals surface area contributed by atoms with E-state index in [1.807, 2.05) is 0 Å². The number of aryl methyl sites for hydroxylation is 2. The third-order valence-electron chi connectivity index (χ3n) is 6.58. The van der Waals surface area contributed by atoms with E-state index in [2.05, 4.69) is 10.4 Å². The summed E-state index contributed by atoms with van der Waals surface area (Å²) in [6, 6.07) is 14.3. The van der Waals surface area contributed by atoms with Crippen LogP contribution in [0.25, 0.3) is 11.3 Å². The van der Waals surface area contributed by atoms with E-state index in [9.17, 15) is 22.8 Å². The van der Waals surface area contributed by atoms with Gasteiger partial charge in [0.2, 0.25) is 0 Å². The van der Waals surface area contributed by atoms with E-state index in [-0.39, 0.29) is 36.9 Å². The van der Waals surface area contributed by atoms with Gasteiger partial charge in [0.1, 0.15) is 11.5 Å². The molecule has 202 valence electrons. The molecule has 3 heterocycles. The van der Waals surface area contributed by atoms with Crippen molar-refractivity contribution in [2.24, 2.45) is 7.05 Å². The molecular weight excluding hydrogens is 513 g/mol. The Kier molecular flexibility index (Phi) is 6.90. The Morgan fingerprint density at radius 2 is 1.85 bits per heavy atom. The van der Waals surface area contributed by atoms with E-state index in [1.165, 1.54) is 23.1 Å². The smallest absolute Gasteiger partial charge is 0.416 e. The summed E-state index contributed by atoms with van der Waals surface area (Å²) in [5, 5.41) is 6.91. The van der Waals surface area contributed by atoms with Gasteiger partial charge in [-0.1, -0.05) is 30.3 Å². The summed E-state index contributed by atoms with van der Waals surface area (Å²) in [5.74, 6) is -0.0573. The van der Waals surface area contributed by atoms with Crippen LogP contribution in [0.4, 0.5) is 13.2 Å². The van der Waals surface area contributed by atoms with Crippen molar-refractivity contribution in [2.45, 2.75) is 25.6 Å². The molecule has 1 N–H and O–H groups in total. The number of nitrogens with zero attached hydrogens (tertiary/aromatic N) is 3. The first-order valence-electron chi connectivity index (χ1n) is 12.2. The van der Waals surface area contributed by atoms with E-state index < -0.39 is 23.7 Å². The maximum Gasteiger partial charge on any atom is 0.416 e. The fourth-order valence-electron chi connectivity index (χ4n) is 4.69. The minimum Gasteiger partial charge on any atom is -0.472 e. The van der Waals surface area contributed by atoms with Crippen molar-refractivity contribution < 1.29 is 31.9 Å². The number of furan rings is 1. The van der Waals surface area contributed by atoms with Gasteiger partial charge in [-0.25, -0.2) is 0 Å². The molecule has 11 heteroatoms. The maximum atomic E-state index is 13.7. The number of nitrogens with one attached hydrogen (secondary N) is 1. The molecule has 0 saturated heterocycles. The highest BCUT2D eigenvalue weighted by molar-refractivity contribution is 5.98. The Morgan fingerprint density at radius 1 is 1.10 bits per heavy atom. The highest BCUT2D eigenvalue weighted by Crippen LogP contribution is 2.33. The Balaban J connectivity index is 1.43. The molecule has 4 aromatic rings. The third kappa shape index (κ3) is 5.38. The third-order valence-corrected chi connectivity index (χ3v) is 6.58. The van der Waals surface area contributed by atoms with Gasteiger partial charge in [0, 0.05) is 25.4 Å². The molecular formula is C28H25F3N4O4. The molecule has 2 amide bonds. The molecule has 0 saturated carbocycles. The summed E-state index contributed by atoms with van der Waals surface area (Å²) >= 11 is 0. The van der Waals surface area contributed by atoms with E-state index >= 15 is 0 Å². The number of benzene rings is 2. The van der Waals surface area contributed by atoms with Crippen molar-refractivity contribution in [3.05, 3.63) is 95.1 Å². The number of alkyl halides is 3. The molecule has 0 aliphatic carbocycles. The molecule has 0 bridgehead atoms. The van der Waals surface area contributed by atoms with Gasteiger partial charge in [0.25, 0.3) is 11.8 Å². The lowest BCUT2D eigenvalue weighted by Gasteiger charge is -2.32. The van der Waals surface area contributed by atoms with Crippen LogP contribution in [0.5, 0.6) is 5.75 Å². The maximum absolute atomic E-state index is 13.7. The molecule has 1 atom stereocenters.